The third kappa shape index (κ3) is 6.60. The number of aliphatic carboxylic acids is 1. The Balaban J connectivity index is 2.93. The first-order valence-corrected chi connectivity index (χ1v) is 10.7. The Morgan fingerprint density at radius 3 is 2.28 bits per heavy atom. The van der Waals surface area contributed by atoms with E-state index in [0.29, 0.717) is 25.8 Å². The molecule has 5 unspecified atom stereocenters. The number of carbonyl (C=O) groups excluding carboxylic acids is 3. The SMILES string of the molecule is CCC(C)C(NC(=O)C(CS)NC(=O)C(N)C(C)C)C(=O)N1CCCC1C(=O)O. The topological polar surface area (TPSA) is 142 Å². The third-order valence-electron chi connectivity index (χ3n) is 5.43. The van der Waals surface area contributed by atoms with Crippen molar-refractivity contribution in [3.63, 3.8) is 0 Å². The maximum absolute atomic E-state index is 13.0. The van der Waals surface area contributed by atoms with E-state index >= 15 is 0 Å². The van der Waals surface area contributed by atoms with Crippen molar-refractivity contribution in [1.29, 1.82) is 0 Å². The highest BCUT2D eigenvalue weighted by Crippen LogP contribution is 2.21. The third-order valence-corrected chi connectivity index (χ3v) is 5.80. The smallest absolute Gasteiger partial charge is 0.326 e. The Hall–Kier alpha value is -1.81. The molecular formula is C19H34N4O5S. The summed E-state index contributed by atoms with van der Waals surface area (Å²) in [7, 11) is 0. The maximum Gasteiger partial charge on any atom is 0.326 e. The lowest BCUT2D eigenvalue weighted by atomic mass is 9.97. The fraction of sp³-hybridized carbons (Fsp3) is 0.789. The molecule has 166 valence electrons. The molecule has 10 heteroatoms. The summed E-state index contributed by atoms with van der Waals surface area (Å²) < 4.78 is 0. The van der Waals surface area contributed by atoms with Crippen LogP contribution in [0.4, 0.5) is 0 Å². The van der Waals surface area contributed by atoms with Crippen LogP contribution in [0.3, 0.4) is 0 Å². The molecule has 5 N–H and O–H groups in total. The lowest BCUT2D eigenvalue weighted by Crippen LogP contribution is -2.59. The summed E-state index contributed by atoms with van der Waals surface area (Å²) in [4.78, 5) is 50.8. The van der Waals surface area contributed by atoms with E-state index < -0.39 is 47.9 Å². The number of nitrogens with one attached hydrogen (secondary N) is 2. The van der Waals surface area contributed by atoms with Gasteiger partial charge in [-0.05, 0) is 24.7 Å². The standard InChI is InChI=1S/C19H34N4O5S/c1-5-11(4)15(18(26)23-8-6-7-13(23)19(27)28)22-16(24)12(9-29)21-17(25)14(20)10(2)3/h10-15,29H,5-9,20H2,1-4H3,(H,21,25)(H,22,24)(H,27,28). The van der Waals surface area contributed by atoms with Crippen molar-refractivity contribution in [2.75, 3.05) is 12.3 Å². The van der Waals surface area contributed by atoms with Crippen molar-refractivity contribution >= 4 is 36.3 Å². The van der Waals surface area contributed by atoms with Gasteiger partial charge in [-0.1, -0.05) is 34.1 Å². The first kappa shape index (κ1) is 25.2. The van der Waals surface area contributed by atoms with E-state index in [4.69, 9.17) is 5.73 Å². The zero-order chi connectivity index (χ0) is 22.3. The summed E-state index contributed by atoms with van der Waals surface area (Å²) in [6, 6.07) is -3.48. The highest BCUT2D eigenvalue weighted by molar-refractivity contribution is 7.80. The molecule has 0 aromatic heterocycles. The van der Waals surface area contributed by atoms with Gasteiger partial charge in [0, 0.05) is 12.3 Å². The number of hydrogen-bond donors (Lipinski definition) is 5. The van der Waals surface area contributed by atoms with Gasteiger partial charge in [0.1, 0.15) is 18.1 Å². The number of amides is 3. The van der Waals surface area contributed by atoms with Crippen LogP contribution in [0.1, 0.15) is 47.0 Å². The minimum atomic E-state index is -1.05. The van der Waals surface area contributed by atoms with Crippen molar-refractivity contribution in [3.05, 3.63) is 0 Å². The minimum Gasteiger partial charge on any atom is -0.480 e. The highest BCUT2D eigenvalue weighted by Gasteiger charge is 2.39. The van der Waals surface area contributed by atoms with Gasteiger partial charge in [0.05, 0.1) is 6.04 Å². The second kappa shape index (κ2) is 11.4. The maximum atomic E-state index is 13.0. The zero-order valence-electron chi connectivity index (χ0n) is 17.6. The van der Waals surface area contributed by atoms with Gasteiger partial charge in [-0.25, -0.2) is 4.79 Å². The van der Waals surface area contributed by atoms with Crippen molar-refractivity contribution < 1.29 is 24.3 Å². The Morgan fingerprint density at radius 2 is 1.79 bits per heavy atom. The van der Waals surface area contributed by atoms with Gasteiger partial charge >= 0.3 is 5.97 Å². The number of rotatable bonds is 10. The summed E-state index contributed by atoms with van der Waals surface area (Å²) in [5.41, 5.74) is 5.82. The minimum absolute atomic E-state index is 0.0330. The summed E-state index contributed by atoms with van der Waals surface area (Å²) >= 11 is 4.14. The molecule has 0 aromatic carbocycles. The van der Waals surface area contributed by atoms with Gasteiger partial charge in [0.25, 0.3) is 0 Å². The molecule has 0 aromatic rings. The molecule has 0 bridgehead atoms. The van der Waals surface area contributed by atoms with Gasteiger partial charge in [-0.2, -0.15) is 12.6 Å². The largest absolute Gasteiger partial charge is 0.480 e. The molecule has 9 nitrogen and oxygen atoms in total. The van der Waals surface area contributed by atoms with Crippen molar-refractivity contribution in [1.82, 2.24) is 15.5 Å². The number of carboxylic acids is 1. The van der Waals surface area contributed by atoms with Crippen LogP contribution in [0.25, 0.3) is 0 Å². The fourth-order valence-electron chi connectivity index (χ4n) is 3.17. The fourth-order valence-corrected chi connectivity index (χ4v) is 3.42. The van der Waals surface area contributed by atoms with E-state index in [9.17, 15) is 24.3 Å². The molecule has 3 amide bonds. The number of thiol groups is 1. The van der Waals surface area contributed by atoms with Crippen molar-refractivity contribution in [2.24, 2.45) is 17.6 Å². The number of nitrogens with two attached hydrogens (primary N) is 1. The molecular weight excluding hydrogens is 396 g/mol. The number of hydrogen-bond acceptors (Lipinski definition) is 6. The van der Waals surface area contributed by atoms with E-state index in [1.54, 1.807) is 13.8 Å². The summed E-state index contributed by atoms with van der Waals surface area (Å²) in [6.07, 6.45) is 1.61. The summed E-state index contributed by atoms with van der Waals surface area (Å²) in [6.45, 7) is 7.64. The highest BCUT2D eigenvalue weighted by atomic mass is 32.1. The van der Waals surface area contributed by atoms with Crippen LogP contribution in [0.2, 0.25) is 0 Å². The van der Waals surface area contributed by atoms with E-state index in [0.717, 1.165) is 0 Å². The van der Waals surface area contributed by atoms with Gasteiger partial charge < -0.3 is 26.4 Å². The van der Waals surface area contributed by atoms with Crippen molar-refractivity contribution in [3.8, 4) is 0 Å². The average Bonchev–Trinajstić information content (AvgIpc) is 3.18. The second-order valence-corrected chi connectivity index (χ2v) is 8.28. The molecule has 5 atom stereocenters. The monoisotopic (exact) mass is 430 g/mol. The molecule has 1 saturated heterocycles. The predicted octanol–water partition coefficient (Wildman–Crippen LogP) is -0.00920. The molecule has 0 spiro atoms. The van der Waals surface area contributed by atoms with Crippen molar-refractivity contribution in [2.45, 2.75) is 71.1 Å². The molecule has 1 aliphatic rings. The van der Waals surface area contributed by atoms with Crippen LogP contribution in [0.5, 0.6) is 0 Å². The van der Waals surface area contributed by atoms with Crippen LogP contribution < -0.4 is 16.4 Å². The van der Waals surface area contributed by atoms with Gasteiger partial charge in [0.2, 0.25) is 17.7 Å². The Kier molecular flexibility index (Phi) is 9.91. The van der Waals surface area contributed by atoms with E-state index in [2.05, 4.69) is 23.3 Å². The molecule has 0 radical (unpaired) electrons. The molecule has 1 fully saturated rings. The quantitative estimate of drug-likeness (QED) is 0.309. The first-order valence-electron chi connectivity index (χ1n) is 10.1. The lowest BCUT2D eigenvalue weighted by Gasteiger charge is -2.31. The lowest BCUT2D eigenvalue weighted by molar-refractivity contribution is -0.150. The number of likely N-dealkylation sites (tertiary alicyclic amines) is 1. The molecule has 29 heavy (non-hydrogen) atoms. The first-order chi connectivity index (χ1) is 13.5. The zero-order valence-corrected chi connectivity index (χ0v) is 18.4. The molecule has 1 aliphatic heterocycles. The number of carbonyl (C=O) groups is 4. The van der Waals surface area contributed by atoms with Gasteiger partial charge in [0.15, 0.2) is 0 Å². The Bertz CT molecular complexity index is 615. The predicted molar refractivity (Wildman–Crippen MR) is 112 cm³/mol. The molecule has 0 aliphatic carbocycles. The summed E-state index contributed by atoms with van der Waals surface area (Å²) in [5.74, 6) is -2.76. The van der Waals surface area contributed by atoms with Crippen LogP contribution in [-0.2, 0) is 19.2 Å². The molecule has 1 rings (SSSR count). The second-order valence-electron chi connectivity index (χ2n) is 7.91. The van der Waals surface area contributed by atoms with E-state index in [-0.39, 0.29) is 17.6 Å². The van der Waals surface area contributed by atoms with Crippen LogP contribution in [-0.4, -0.2) is 70.2 Å². The van der Waals surface area contributed by atoms with Crippen LogP contribution >= 0.6 is 12.6 Å². The van der Waals surface area contributed by atoms with E-state index in [1.807, 2.05) is 13.8 Å². The average molecular weight is 431 g/mol. The Labute approximate surface area is 177 Å². The number of carboxylic acid groups (broad SMARTS) is 1. The number of nitrogens with zero attached hydrogens (tertiary/aromatic N) is 1. The van der Waals surface area contributed by atoms with E-state index in [1.165, 1.54) is 4.90 Å². The molecule has 0 saturated carbocycles. The molecule has 1 heterocycles. The summed E-state index contributed by atoms with van der Waals surface area (Å²) in [5, 5.41) is 14.6. The van der Waals surface area contributed by atoms with Gasteiger partial charge in [-0.3, -0.25) is 14.4 Å². The van der Waals surface area contributed by atoms with Crippen LogP contribution in [0.15, 0.2) is 0 Å². The van der Waals surface area contributed by atoms with Gasteiger partial charge in [-0.15, -0.1) is 0 Å². The normalized spacial score (nSPS) is 20.7. The Morgan fingerprint density at radius 1 is 1.17 bits per heavy atom. The van der Waals surface area contributed by atoms with Crippen LogP contribution in [0, 0.1) is 11.8 Å².